The molecule has 0 heterocycles. The predicted molar refractivity (Wildman–Crippen MR) is 62.4 cm³/mol. The van der Waals surface area contributed by atoms with Crippen molar-refractivity contribution in [1.29, 1.82) is 0 Å². The van der Waals surface area contributed by atoms with E-state index in [2.05, 4.69) is 11.3 Å². The molecule has 0 aliphatic heterocycles. The van der Waals surface area contributed by atoms with Gasteiger partial charge in [0.1, 0.15) is 10.0 Å². The minimum absolute atomic E-state index is 0.0309. The van der Waals surface area contributed by atoms with Gasteiger partial charge < -0.3 is 4.74 Å². The molecule has 0 unspecified atom stereocenters. The molecule has 0 bridgehead atoms. The summed E-state index contributed by atoms with van der Waals surface area (Å²) in [6.45, 7) is 2.76. The second-order valence-electron chi connectivity index (χ2n) is 2.59. The van der Waals surface area contributed by atoms with Gasteiger partial charge in [-0.2, -0.15) is 4.39 Å². The van der Waals surface area contributed by atoms with Crippen molar-refractivity contribution in [3.8, 4) is 5.75 Å². The van der Waals surface area contributed by atoms with Gasteiger partial charge in [-0.1, -0.05) is 53.0 Å². The molecule has 86 valence electrons. The number of halogens is 5. The summed E-state index contributed by atoms with van der Waals surface area (Å²) in [7, 11) is 0. The summed E-state index contributed by atoms with van der Waals surface area (Å²) in [5.41, 5.74) is 0. The Hall–Kier alpha value is -0.480. The van der Waals surface area contributed by atoms with Crippen LogP contribution in [0.1, 0.15) is 0 Å². The molecule has 16 heavy (non-hydrogen) atoms. The van der Waals surface area contributed by atoms with Crippen molar-refractivity contribution in [3.05, 3.63) is 38.6 Å². The highest BCUT2D eigenvalue weighted by molar-refractivity contribution is 6.48. The zero-order chi connectivity index (χ0) is 12.5. The van der Waals surface area contributed by atoms with E-state index in [1.807, 2.05) is 0 Å². The molecule has 0 aliphatic carbocycles. The molecule has 1 aromatic rings. The SMILES string of the molecule is C=C(F)C(=O)Oc1c(Cl)c(Cl)cc(Cl)c1Cl. The van der Waals surface area contributed by atoms with E-state index in [0.29, 0.717) is 0 Å². The molecule has 0 N–H and O–H groups in total. The molecule has 1 aromatic carbocycles. The highest BCUT2D eigenvalue weighted by Crippen LogP contribution is 2.42. The van der Waals surface area contributed by atoms with Crippen LogP contribution in [0.3, 0.4) is 0 Å². The lowest BCUT2D eigenvalue weighted by Crippen LogP contribution is -2.08. The lowest BCUT2D eigenvalue weighted by molar-refractivity contribution is -0.131. The Kier molecular flexibility index (Phi) is 4.44. The van der Waals surface area contributed by atoms with E-state index in [1.54, 1.807) is 0 Å². The lowest BCUT2D eigenvalue weighted by Gasteiger charge is -2.09. The molecule has 1 rings (SSSR count). The van der Waals surface area contributed by atoms with Gasteiger partial charge in [0, 0.05) is 0 Å². The largest absolute Gasteiger partial charge is 0.418 e. The Morgan fingerprint density at radius 3 is 2.00 bits per heavy atom. The van der Waals surface area contributed by atoms with Crippen molar-refractivity contribution in [1.82, 2.24) is 0 Å². The molecule has 0 aromatic heterocycles. The first-order chi connectivity index (χ1) is 7.34. The fourth-order valence-corrected chi connectivity index (χ4v) is 1.66. The fraction of sp³-hybridized carbons (Fsp3) is 0. The topological polar surface area (TPSA) is 26.3 Å². The number of ether oxygens (including phenoxy) is 1. The quantitative estimate of drug-likeness (QED) is 0.343. The van der Waals surface area contributed by atoms with E-state index >= 15 is 0 Å². The van der Waals surface area contributed by atoms with Gasteiger partial charge in [0.15, 0.2) is 5.75 Å². The van der Waals surface area contributed by atoms with Gasteiger partial charge in [0.05, 0.1) is 10.0 Å². The van der Waals surface area contributed by atoms with Crippen LogP contribution in [0.2, 0.25) is 20.1 Å². The number of hydrogen-bond acceptors (Lipinski definition) is 2. The maximum absolute atomic E-state index is 12.4. The Labute approximate surface area is 110 Å². The van der Waals surface area contributed by atoms with Crippen LogP contribution in [-0.4, -0.2) is 5.97 Å². The van der Waals surface area contributed by atoms with E-state index in [1.165, 1.54) is 6.07 Å². The summed E-state index contributed by atoms with van der Waals surface area (Å²) < 4.78 is 17.0. The van der Waals surface area contributed by atoms with Crippen molar-refractivity contribution >= 4 is 52.4 Å². The summed E-state index contributed by atoms with van der Waals surface area (Å²) in [6.07, 6.45) is 0. The number of esters is 1. The van der Waals surface area contributed by atoms with Crippen molar-refractivity contribution in [3.63, 3.8) is 0 Å². The number of benzene rings is 1. The monoisotopic (exact) mass is 302 g/mol. The van der Waals surface area contributed by atoms with Crippen LogP contribution in [0.15, 0.2) is 18.5 Å². The normalized spacial score (nSPS) is 10.1. The third kappa shape index (κ3) is 2.80. The zero-order valence-corrected chi connectivity index (χ0v) is 10.5. The Balaban J connectivity index is 3.22. The fourth-order valence-electron chi connectivity index (χ4n) is 0.789. The van der Waals surface area contributed by atoms with Crippen molar-refractivity contribution in [2.24, 2.45) is 0 Å². The molecule has 0 fully saturated rings. The molecule has 0 aliphatic rings. The number of rotatable bonds is 2. The highest BCUT2D eigenvalue weighted by Gasteiger charge is 2.19. The van der Waals surface area contributed by atoms with Crippen molar-refractivity contribution < 1.29 is 13.9 Å². The Bertz CT molecular complexity index is 447. The maximum Gasteiger partial charge on any atom is 0.372 e. The molecular weight excluding hydrogens is 301 g/mol. The van der Waals surface area contributed by atoms with Gasteiger partial charge in [-0.3, -0.25) is 0 Å². The van der Waals surface area contributed by atoms with Crippen LogP contribution in [0.4, 0.5) is 4.39 Å². The van der Waals surface area contributed by atoms with E-state index in [9.17, 15) is 9.18 Å². The van der Waals surface area contributed by atoms with Crippen LogP contribution in [-0.2, 0) is 4.79 Å². The maximum atomic E-state index is 12.4. The number of hydrogen-bond donors (Lipinski definition) is 0. The molecule has 0 amide bonds. The first-order valence-corrected chi connectivity index (χ1v) is 5.25. The third-order valence-electron chi connectivity index (χ3n) is 1.49. The van der Waals surface area contributed by atoms with E-state index < -0.39 is 11.8 Å². The number of carbonyl (C=O) groups is 1. The lowest BCUT2D eigenvalue weighted by atomic mass is 10.3. The minimum atomic E-state index is -1.32. The van der Waals surface area contributed by atoms with Crippen LogP contribution < -0.4 is 4.74 Å². The molecule has 2 nitrogen and oxygen atoms in total. The zero-order valence-electron chi connectivity index (χ0n) is 7.49. The molecule has 0 atom stereocenters. The summed E-state index contributed by atoms with van der Waals surface area (Å²) in [4.78, 5) is 10.9. The van der Waals surface area contributed by atoms with Crippen molar-refractivity contribution in [2.75, 3.05) is 0 Å². The summed E-state index contributed by atoms with van der Waals surface area (Å²) in [5.74, 6) is -2.91. The van der Waals surface area contributed by atoms with E-state index in [-0.39, 0.29) is 25.8 Å². The molecular formula is C9H3Cl4FO2. The summed E-state index contributed by atoms with van der Waals surface area (Å²) in [5, 5.41) is -0.206. The average Bonchev–Trinajstić information content (AvgIpc) is 2.21. The molecule has 0 spiro atoms. The van der Waals surface area contributed by atoms with Gasteiger partial charge in [-0.15, -0.1) is 0 Å². The standard InChI is InChI=1S/C9H3Cl4FO2/c1-3(14)9(15)16-8-6(12)4(10)2-5(11)7(8)13/h2H,1H2. The van der Waals surface area contributed by atoms with Crippen LogP contribution in [0.25, 0.3) is 0 Å². The molecule has 0 saturated heterocycles. The second kappa shape index (κ2) is 5.23. The highest BCUT2D eigenvalue weighted by atomic mass is 35.5. The first kappa shape index (κ1) is 13.6. The predicted octanol–water partition coefficient (Wildman–Crippen LogP) is 4.69. The molecule has 7 heteroatoms. The van der Waals surface area contributed by atoms with Gasteiger partial charge >= 0.3 is 5.97 Å². The Morgan fingerprint density at radius 2 is 1.62 bits per heavy atom. The smallest absolute Gasteiger partial charge is 0.372 e. The van der Waals surface area contributed by atoms with Crippen LogP contribution in [0.5, 0.6) is 5.75 Å². The summed E-state index contributed by atoms with van der Waals surface area (Å²) in [6, 6.07) is 1.27. The van der Waals surface area contributed by atoms with Gasteiger partial charge in [-0.25, -0.2) is 4.79 Å². The van der Waals surface area contributed by atoms with Gasteiger partial charge in [0.2, 0.25) is 5.83 Å². The minimum Gasteiger partial charge on any atom is -0.418 e. The summed E-state index contributed by atoms with van der Waals surface area (Å²) >= 11 is 22.8. The van der Waals surface area contributed by atoms with Gasteiger partial charge in [-0.05, 0) is 6.07 Å². The molecule has 0 saturated carbocycles. The van der Waals surface area contributed by atoms with Crippen molar-refractivity contribution in [2.45, 2.75) is 0 Å². The van der Waals surface area contributed by atoms with Gasteiger partial charge in [0.25, 0.3) is 0 Å². The van der Waals surface area contributed by atoms with E-state index in [4.69, 9.17) is 46.4 Å². The Morgan fingerprint density at radius 1 is 1.19 bits per heavy atom. The number of carbonyl (C=O) groups excluding carboxylic acids is 1. The van der Waals surface area contributed by atoms with Crippen LogP contribution >= 0.6 is 46.4 Å². The second-order valence-corrected chi connectivity index (χ2v) is 4.16. The van der Waals surface area contributed by atoms with Crippen LogP contribution in [0, 0.1) is 0 Å². The van der Waals surface area contributed by atoms with E-state index in [0.717, 1.165) is 0 Å². The third-order valence-corrected chi connectivity index (χ3v) is 3.03. The molecule has 0 radical (unpaired) electrons. The average molecular weight is 304 g/mol. The first-order valence-electron chi connectivity index (χ1n) is 3.74.